The molecule has 0 spiro atoms. The molecule has 1 fully saturated rings. The number of amides is 2. The first-order valence-corrected chi connectivity index (χ1v) is 9.98. The number of nitrogens with zero attached hydrogens (tertiary/aromatic N) is 4. The van der Waals surface area contributed by atoms with Crippen molar-refractivity contribution in [2.45, 2.75) is 19.4 Å². The highest BCUT2D eigenvalue weighted by atomic mass is 19.1. The summed E-state index contributed by atoms with van der Waals surface area (Å²) in [5.74, 6) is -2.41. The Labute approximate surface area is 177 Å². The molecule has 2 aromatic carbocycles. The maximum atomic E-state index is 13.9. The van der Waals surface area contributed by atoms with Gasteiger partial charge in [0.25, 0.3) is 5.91 Å². The molecule has 0 atom stereocenters. The van der Waals surface area contributed by atoms with Crippen molar-refractivity contribution in [3.63, 3.8) is 0 Å². The summed E-state index contributed by atoms with van der Waals surface area (Å²) < 4.78 is 28.6. The van der Waals surface area contributed by atoms with Crippen LogP contribution in [0.25, 0.3) is 0 Å². The maximum absolute atomic E-state index is 13.9. The highest BCUT2D eigenvalue weighted by molar-refractivity contribution is 5.95. The zero-order chi connectivity index (χ0) is 21.8. The minimum Gasteiger partial charge on any atom is -0.339 e. The lowest BCUT2D eigenvalue weighted by atomic mass is 9.95. The molecule has 0 saturated carbocycles. The molecule has 7 nitrogen and oxygen atoms in total. The summed E-state index contributed by atoms with van der Waals surface area (Å²) in [5.41, 5.74) is 0.900. The third-order valence-corrected chi connectivity index (χ3v) is 5.27. The van der Waals surface area contributed by atoms with Crippen molar-refractivity contribution >= 4 is 17.8 Å². The highest BCUT2D eigenvalue weighted by Gasteiger charge is 2.29. The van der Waals surface area contributed by atoms with Gasteiger partial charge in [-0.25, -0.2) is 18.4 Å². The van der Waals surface area contributed by atoms with Gasteiger partial charge in [-0.1, -0.05) is 30.3 Å². The number of rotatable bonds is 5. The molecule has 2 amide bonds. The van der Waals surface area contributed by atoms with Crippen molar-refractivity contribution < 1.29 is 18.4 Å². The van der Waals surface area contributed by atoms with E-state index in [1.165, 1.54) is 4.90 Å². The summed E-state index contributed by atoms with van der Waals surface area (Å²) >= 11 is 0. The first-order chi connectivity index (χ1) is 15.0. The van der Waals surface area contributed by atoms with E-state index in [0.29, 0.717) is 38.5 Å². The molecule has 0 unspecified atom stereocenters. The second kappa shape index (κ2) is 9.03. The average Bonchev–Trinajstić information content (AvgIpc) is 3.20. The number of nitrogens with one attached hydrogen (secondary N) is 1. The predicted octanol–water partition coefficient (Wildman–Crippen LogP) is 3.10. The number of hydrogen-bond acceptors (Lipinski definition) is 4. The van der Waals surface area contributed by atoms with Crippen LogP contribution < -0.4 is 5.32 Å². The molecule has 2 heterocycles. The molecule has 4 rings (SSSR count). The van der Waals surface area contributed by atoms with E-state index in [9.17, 15) is 18.4 Å². The normalized spacial score (nSPS) is 14.5. The number of hydrogen-bond donors (Lipinski definition) is 1. The number of likely N-dealkylation sites (tertiary alicyclic amines) is 1. The standard InChI is InChI=1S/C22H21F2N5O2/c23-17-6-7-18(19(24)12-17)21(31)28-10-8-16(9-11-28)20(30)26-22-25-14-29(27-22)13-15-4-2-1-3-5-15/h1-7,12,14,16H,8-11,13H2,(H,26,27,30). The fraction of sp³-hybridized carbons (Fsp3) is 0.273. The highest BCUT2D eigenvalue weighted by Crippen LogP contribution is 2.21. The molecule has 1 aliphatic rings. The summed E-state index contributed by atoms with van der Waals surface area (Å²) in [7, 11) is 0. The molecule has 3 aromatic rings. The summed E-state index contributed by atoms with van der Waals surface area (Å²) in [5, 5.41) is 7.00. The van der Waals surface area contributed by atoms with Crippen LogP contribution in [0, 0.1) is 17.6 Å². The Bertz CT molecular complexity index is 1080. The second-order valence-corrected chi connectivity index (χ2v) is 7.43. The Kier molecular flexibility index (Phi) is 6.01. The van der Waals surface area contributed by atoms with Crippen molar-refractivity contribution in [3.05, 3.63) is 77.6 Å². The van der Waals surface area contributed by atoms with Gasteiger partial charge in [-0.3, -0.25) is 14.9 Å². The molecule has 1 aliphatic heterocycles. The van der Waals surface area contributed by atoms with Crippen molar-refractivity contribution in [1.29, 1.82) is 0 Å². The molecule has 0 bridgehead atoms. The minimum absolute atomic E-state index is 0.169. The van der Waals surface area contributed by atoms with Gasteiger partial charge in [-0.2, -0.15) is 0 Å². The zero-order valence-corrected chi connectivity index (χ0v) is 16.7. The monoisotopic (exact) mass is 425 g/mol. The number of halogens is 2. The minimum atomic E-state index is -0.887. The van der Waals surface area contributed by atoms with Gasteiger partial charge >= 0.3 is 0 Å². The summed E-state index contributed by atoms with van der Waals surface area (Å²) in [6.07, 6.45) is 2.43. The van der Waals surface area contributed by atoms with E-state index in [1.54, 1.807) is 11.0 Å². The second-order valence-electron chi connectivity index (χ2n) is 7.43. The third kappa shape index (κ3) is 4.93. The van der Waals surface area contributed by atoms with Crippen LogP contribution in [0.4, 0.5) is 14.7 Å². The maximum Gasteiger partial charge on any atom is 0.256 e. The Morgan fingerprint density at radius 1 is 1.06 bits per heavy atom. The Morgan fingerprint density at radius 3 is 2.52 bits per heavy atom. The van der Waals surface area contributed by atoms with Crippen molar-refractivity contribution in [1.82, 2.24) is 19.7 Å². The van der Waals surface area contributed by atoms with Crippen LogP contribution in [0.3, 0.4) is 0 Å². The Hall–Kier alpha value is -3.62. The third-order valence-electron chi connectivity index (χ3n) is 5.27. The SMILES string of the molecule is O=C(Nc1ncn(Cc2ccccc2)n1)C1CCN(C(=O)c2ccc(F)cc2F)CC1. The van der Waals surface area contributed by atoms with Crippen molar-refractivity contribution in [3.8, 4) is 0 Å². The van der Waals surface area contributed by atoms with Gasteiger partial charge in [-0.15, -0.1) is 5.10 Å². The van der Waals surface area contributed by atoms with Crippen LogP contribution in [0.1, 0.15) is 28.8 Å². The first-order valence-electron chi connectivity index (χ1n) is 9.98. The van der Waals surface area contributed by atoms with Crippen LogP contribution >= 0.6 is 0 Å². The van der Waals surface area contributed by atoms with E-state index in [0.717, 1.165) is 17.7 Å². The van der Waals surface area contributed by atoms with Crippen LogP contribution in [0.2, 0.25) is 0 Å². The lowest BCUT2D eigenvalue weighted by Gasteiger charge is -2.31. The molecule has 0 radical (unpaired) electrons. The van der Waals surface area contributed by atoms with Crippen molar-refractivity contribution in [2.75, 3.05) is 18.4 Å². The fourth-order valence-electron chi connectivity index (χ4n) is 3.59. The first kappa shape index (κ1) is 20.6. The fourth-order valence-corrected chi connectivity index (χ4v) is 3.59. The molecule has 1 N–H and O–H groups in total. The Balaban J connectivity index is 1.30. The molecule has 1 aromatic heterocycles. The molecule has 31 heavy (non-hydrogen) atoms. The quantitative estimate of drug-likeness (QED) is 0.681. The van der Waals surface area contributed by atoms with Crippen LogP contribution in [-0.4, -0.2) is 44.6 Å². The van der Waals surface area contributed by atoms with Crippen LogP contribution in [0.15, 0.2) is 54.9 Å². The smallest absolute Gasteiger partial charge is 0.256 e. The molecule has 0 aliphatic carbocycles. The van der Waals surface area contributed by atoms with Gasteiger partial charge in [0, 0.05) is 25.1 Å². The largest absolute Gasteiger partial charge is 0.339 e. The van der Waals surface area contributed by atoms with Gasteiger partial charge < -0.3 is 4.90 Å². The van der Waals surface area contributed by atoms with Gasteiger partial charge in [0.05, 0.1) is 12.1 Å². The van der Waals surface area contributed by atoms with Gasteiger partial charge in [-0.05, 0) is 30.5 Å². The summed E-state index contributed by atoms with van der Waals surface area (Å²) in [4.78, 5) is 30.7. The number of anilines is 1. The van der Waals surface area contributed by atoms with E-state index < -0.39 is 17.5 Å². The Morgan fingerprint density at radius 2 is 1.81 bits per heavy atom. The van der Waals surface area contributed by atoms with Gasteiger partial charge in [0.2, 0.25) is 11.9 Å². The summed E-state index contributed by atoms with van der Waals surface area (Å²) in [6.45, 7) is 1.16. The molecule has 1 saturated heterocycles. The van der Waals surface area contributed by atoms with E-state index in [-0.39, 0.29) is 23.3 Å². The van der Waals surface area contributed by atoms with Gasteiger partial charge in [0.15, 0.2) is 0 Å². The molecular weight excluding hydrogens is 404 g/mol. The predicted molar refractivity (Wildman–Crippen MR) is 109 cm³/mol. The van der Waals surface area contributed by atoms with E-state index >= 15 is 0 Å². The number of carbonyl (C=O) groups is 2. The van der Waals surface area contributed by atoms with Crippen LogP contribution in [-0.2, 0) is 11.3 Å². The lowest BCUT2D eigenvalue weighted by molar-refractivity contribution is -0.121. The lowest BCUT2D eigenvalue weighted by Crippen LogP contribution is -2.41. The topological polar surface area (TPSA) is 80.1 Å². The number of aromatic nitrogens is 3. The molecular formula is C22H21F2N5O2. The van der Waals surface area contributed by atoms with E-state index in [1.807, 2.05) is 30.3 Å². The molecule has 160 valence electrons. The van der Waals surface area contributed by atoms with Crippen LogP contribution in [0.5, 0.6) is 0 Å². The summed E-state index contributed by atoms with van der Waals surface area (Å²) in [6, 6.07) is 12.7. The zero-order valence-electron chi connectivity index (χ0n) is 16.7. The number of carbonyl (C=O) groups excluding carboxylic acids is 2. The van der Waals surface area contributed by atoms with Crippen molar-refractivity contribution in [2.24, 2.45) is 5.92 Å². The van der Waals surface area contributed by atoms with E-state index in [4.69, 9.17) is 0 Å². The van der Waals surface area contributed by atoms with Gasteiger partial charge in [0.1, 0.15) is 18.0 Å². The average molecular weight is 425 g/mol. The van der Waals surface area contributed by atoms with E-state index in [2.05, 4.69) is 15.4 Å². The number of piperidine rings is 1. The number of benzene rings is 2. The molecule has 9 heteroatoms.